The number of aromatic nitrogens is 4. The lowest BCUT2D eigenvalue weighted by molar-refractivity contribution is 0.171. The first-order chi connectivity index (χ1) is 10.1. The molecule has 0 saturated heterocycles. The lowest BCUT2D eigenvalue weighted by atomic mass is 9.71. The van der Waals surface area contributed by atoms with Crippen LogP contribution in [-0.2, 0) is 0 Å². The molecule has 2 heterocycles. The predicted octanol–water partition coefficient (Wildman–Crippen LogP) is 3.45. The van der Waals surface area contributed by atoms with Crippen molar-refractivity contribution in [3.05, 3.63) is 18.0 Å². The second-order valence-corrected chi connectivity index (χ2v) is 6.91. The summed E-state index contributed by atoms with van der Waals surface area (Å²) in [6, 6.07) is 3.95. The maximum Gasteiger partial charge on any atom is 0.178 e. The Labute approximate surface area is 126 Å². The van der Waals surface area contributed by atoms with Gasteiger partial charge in [0.15, 0.2) is 11.5 Å². The second-order valence-electron chi connectivity index (χ2n) is 6.91. The minimum absolute atomic E-state index is 0.305. The minimum atomic E-state index is 0.305. The van der Waals surface area contributed by atoms with E-state index in [0.29, 0.717) is 5.41 Å². The van der Waals surface area contributed by atoms with Gasteiger partial charge in [0, 0.05) is 6.54 Å². The van der Waals surface area contributed by atoms with Gasteiger partial charge in [-0.05, 0) is 43.2 Å². The third-order valence-corrected chi connectivity index (χ3v) is 4.85. The van der Waals surface area contributed by atoms with E-state index >= 15 is 0 Å². The molecule has 0 aliphatic heterocycles. The van der Waals surface area contributed by atoms with E-state index < -0.39 is 0 Å². The molecule has 5 nitrogen and oxygen atoms in total. The lowest BCUT2D eigenvalue weighted by Crippen LogP contribution is -2.33. The molecule has 2 aromatic rings. The van der Waals surface area contributed by atoms with Gasteiger partial charge in [-0.1, -0.05) is 33.1 Å². The van der Waals surface area contributed by atoms with Crippen molar-refractivity contribution in [3.8, 4) is 0 Å². The van der Waals surface area contributed by atoms with Gasteiger partial charge >= 0.3 is 0 Å². The number of anilines is 1. The van der Waals surface area contributed by atoms with Crippen molar-refractivity contribution in [1.29, 1.82) is 0 Å². The molecule has 0 radical (unpaired) electrons. The molecule has 0 atom stereocenters. The van der Waals surface area contributed by atoms with Crippen LogP contribution < -0.4 is 5.32 Å². The third kappa shape index (κ3) is 3.01. The third-order valence-electron chi connectivity index (χ3n) is 4.85. The summed E-state index contributed by atoms with van der Waals surface area (Å²) in [5.41, 5.74) is 1.10. The molecule has 1 aliphatic rings. The summed E-state index contributed by atoms with van der Waals surface area (Å²) in [5, 5.41) is 16.2. The van der Waals surface area contributed by atoms with E-state index in [1.165, 1.54) is 32.1 Å². The van der Waals surface area contributed by atoms with Crippen LogP contribution in [0.2, 0.25) is 0 Å². The number of aryl methyl sites for hydroxylation is 1. The summed E-state index contributed by atoms with van der Waals surface area (Å²) < 4.78 is 1.79. The Kier molecular flexibility index (Phi) is 3.83. The van der Waals surface area contributed by atoms with Gasteiger partial charge in [0.2, 0.25) is 0 Å². The Bertz CT molecular complexity index is 610. The van der Waals surface area contributed by atoms with Gasteiger partial charge in [0.1, 0.15) is 5.82 Å². The Morgan fingerprint density at radius 1 is 1.19 bits per heavy atom. The summed E-state index contributed by atoms with van der Waals surface area (Å²) >= 11 is 0. The highest BCUT2D eigenvalue weighted by molar-refractivity contribution is 5.43. The highest BCUT2D eigenvalue weighted by atomic mass is 15.4. The summed E-state index contributed by atoms with van der Waals surface area (Å²) in [5.74, 6) is 2.54. The van der Waals surface area contributed by atoms with Crippen LogP contribution in [0.5, 0.6) is 0 Å². The predicted molar refractivity (Wildman–Crippen MR) is 84.4 cm³/mol. The van der Waals surface area contributed by atoms with Crippen molar-refractivity contribution in [3.63, 3.8) is 0 Å². The Hall–Kier alpha value is -1.65. The van der Waals surface area contributed by atoms with Gasteiger partial charge in [-0.25, -0.2) is 0 Å². The normalized spacial score (nSPS) is 17.3. The van der Waals surface area contributed by atoms with Crippen LogP contribution in [-0.4, -0.2) is 26.4 Å². The molecule has 114 valence electrons. The fourth-order valence-corrected chi connectivity index (χ4v) is 3.34. The van der Waals surface area contributed by atoms with Crippen LogP contribution >= 0.6 is 0 Å². The smallest absolute Gasteiger partial charge is 0.178 e. The average Bonchev–Trinajstić information content (AvgIpc) is 2.87. The van der Waals surface area contributed by atoms with Crippen molar-refractivity contribution in [2.75, 3.05) is 11.9 Å². The maximum atomic E-state index is 4.56. The molecule has 1 N–H and O–H groups in total. The lowest BCUT2D eigenvalue weighted by Gasteiger charge is -2.37. The molecule has 2 aromatic heterocycles. The van der Waals surface area contributed by atoms with Gasteiger partial charge in [0.05, 0.1) is 0 Å². The van der Waals surface area contributed by atoms with Gasteiger partial charge in [-0.3, -0.25) is 0 Å². The first-order valence-electron chi connectivity index (χ1n) is 7.99. The number of hydrogen-bond donors (Lipinski definition) is 1. The molecule has 5 heteroatoms. The monoisotopic (exact) mass is 287 g/mol. The van der Waals surface area contributed by atoms with Crippen LogP contribution in [0, 0.1) is 18.3 Å². The molecule has 0 aromatic carbocycles. The van der Waals surface area contributed by atoms with Crippen LogP contribution in [0.15, 0.2) is 12.1 Å². The Morgan fingerprint density at radius 3 is 2.71 bits per heavy atom. The van der Waals surface area contributed by atoms with Crippen molar-refractivity contribution >= 4 is 11.5 Å². The first-order valence-corrected chi connectivity index (χ1v) is 7.99. The molecule has 1 aliphatic carbocycles. The highest BCUT2D eigenvalue weighted by Gasteiger charge is 2.30. The molecule has 0 amide bonds. The number of nitrogens with one attached hydrogen (secondary N) is 1. The number of rotatable bonds is 4. The van der Waals surface area contributed by atoms with Crippen molar-refractivity contribution in [1.82, 2.24) is 19.8 Å². The highest BCUT2D eigenvalue weighted by Crippen LogP contribution is 2.38. The van der Waals surface area contributed by atoms with Gasteiger partial charge in [-0.15, -0.1) is 15.3 Å². The Morgan fingerprint density at radius 2 is 1.95 bits per heavy atom. The van der Waals surface area contributed by atoms with Crippen LogP contribution in [0.25, 0.3) is 5.65 Å². The largest absolute Gasteiger partial charge is 0.368 e. The van der Waals surface area contributed by atoms with E-state index in [2.05, 4.69) is 34.5 Å². The zero-order chi connectivity index (χ0) is 14.9. The number of hydrogen-bond acceptors (Lipinski definition) is 4. The second kappa shape index (κ2) is 5.62. The van der Waals surface area contributed by atoms with Crippen LogP contribution in [0.1, 0.15) is 51.8 Å². The van der Waals surface area contributed by atoms with Crippen LogP contribution in [0.3, 0.4) is 0 Å². The Balaban J connectivity index is 1.68. The van der Waals surface area contributed by atoms with Gasteiger partial charge in [-0.2, -0.15) is 4.52 Å². The molecule has 1 saturated carbocycles. The molecule has 1 fully saturated rings. The molecular formula is C16H25N5. The summed E-state index contributed by atoms with van der Waals surface area (Å²) in [6.07, 6.45) is 6.92. The van der Waals surface area contributed by atoms with Crippen molar-refractivity contribution in [2.45, 2.75) is 52.9 Å². The number of fused-ring (bicyclic) bond motifs is 1. The van der Waals surface area contributed by atoms with Gasteiger partial charge in [0.25, 0.3) is 0 Å². The molecule has 0 unspecified atom stereocenters. The summed E-state index contributed by atoms with van der Waals surface area (Å²) in [4.78, 5) is 0. The SMILES string of the molecule is Cc1nnc2ccc(NCC(C)(C)C3CCCCC3)nn12. The van der Waals surface area contributed by atoms with E-state index in [-0.39, 0.29) is 0 Å². The van der Waals surface area contributed by atoms with Crippen molar-refractivity contribution < 1.29 is 0 Å². The molecule has 3 rings (SSSR count). The van der Waals surface area contributed by atoms with E-state index in [1.54, 1.807) is 4.52 Å². The zero-order valence-corrected chi connectivity index (χ0v) is 13.3. The minimum Gasteiger partial charge on any atom is -0.368 e. The molecule has 0 spiro atoms. The van der Waals surface area contributed by atoms with E-state index in [4.69, 9.17) is 0 Å². The topological polar surface area (TPSA) is 55.1 Å². The fourth-order valence-electron chi connectivity index (χ4n) is 3.34. The molecule has 21 heavy (non-hydrogen) atoms. The molecular weight excluding hydrogens is 262 g/mol. The van der Waals surface area contributed by atoms with Crippen molar-refractivity contribution in [2.24, 2.45) is 11.3 Å². The molecule has 0 bridgehead atoms. The summed E-state index contributed by atoms with van der Waals surface area (Å²) in [6.45, 7) is 7.62. The standard InChI is InChI=1S/C16H25N5/c1-12-18-19-15-10-9-14(20-21(12)15)17-11-16(2,3)13-7-5-4-6-8-13/h9-10,13H,4-8,11H2,1-3H3,(H,17,20). The summed E-state index contributed by atoms with van der Waals surface area (Å²) in [7, 11) is 0. The average molecular weight is 287 g/mol. The van der Waals surface area contributed by atoms with E-state index in [1.807, 2.05) is 19.1 Å². The van der Waals surface area contributed by atoms with E-state index in [9.17, 15) is 0 Å². The fraction of sp³-hybridized carbons (Fsp3) is 0.688. The zero-order valence-electron chi connectivity index (χ0n) is 13.3. The quantitative estimate of drug-likeness (QED) is 0.935. The van der Waals surface area contributed by atoms with E-state index in [0.717, 1.165) is 29.8 Å². The van der Waals surface area contributed by atoms with Crippen LogP contribution in [0.4, 0.5) is 5.82 Å². The number of nitrogens with zero attached hydrogens (tertiary/aromatic N) is 4. The van der Waals surface area contributed by atoms with Gasteiger partial charge < -0.3 is 5.32 Å². The first kappa shape index (κ1) is 14.3. The maximum absolute atomic E-state index is 4.56.